The molecule has 1 saturated carbocycles. The van der Waals surface area contributed by atoms with Gasteiger partial charge in [-0.1, -0.05) is 26.2 Å². The lowest BCUT2D eigenvalue weighted by Crippen LogP contribution is -2.46. The number of aliphatic hydroxyl groups is 1. The van der Waals surface area contributed by atoms with E-state index in [2.05, 4.69) is 17.6 Å². The van der Waals surface area contributed by atoms with E-state index < -0.39 is 0 Å². The van der Waals surface area contributed by atoms with Gasteiger partial charge in [0.15, 0.2) is 0 Å². The first-order valence-corrected chi connectivity index (χ1v) is 6.43. The second-order valence-electron chi connectivity index (χ2n) is 4.54. The van der Waals surface area contributed by atoms with Crippen LogP contribution in [-0.2, 0) is 0 Å². The summed E-state index contributed by atoms with van der Waals surface area (Å²) in [5.41, 5.74) is 0. The highest BCUT2D eigenvalue weighted by Crippen LogP contribution is 2.26. The smallest absolute Gasteiger partial charge is 0.315 e. The van der Waals surface area contributed by atoms with E-state index in [-0.39, 0.29) is 12.6 Å². The molecular weight excluding hydrogens is 204 g/mol. The third-order valence-corrected chi connectivity index (χ3v) is 3.37. The van der Waals surface area contributed by atoms with Gasteiger partial charge in [0.25, 0.3) is 0 Å². The molecule has 0 bridgehead atoms. The third kappa shape index (κ3) is 4.39. The van der Waals surface area contributed by atoms with Crippen molar-refractivity contribution in [2.45, 2.75) is 51.5 Å². The lowest BCUT2D eigenvalue weighted by Gasteiger charge is -2.31. The van der Waals surface area contributed by atoms with Gasteiger partial charge in [0, 0.05) is 19.2 Å². The van der Waals surface area contributed by atoms with Crippen LogP contribution in [0, 0.1) is 5.92 Å². The van der Waals surface area contributed by atoms with Crippen molar-refractivity contribution in [3.8, 4) is 0 Å². The summed E-state index contributed by atoms with van der Waals surface area (Å²) in [4.78, 5) is 11.5. The molecule has 1 aliphatic rings. The van der Waals surface area contributed by atoms with Crippen molar-refractivity contribution in [2.75, 3.05) is 13.2 Å². The molecule has 4 heteroatoms. The second-order valence-corrected chi connectivity index (χ2v) is 4.54. The van der Waals surface area contributed by atoms with Gasteiger partial charge in [-0.2, -0.15) is 0 Å². The van der Waals surface area contributed by atoms with Gasteiger partial charge in [-0.15, -0.1) is 0 Å². The van der Waals surface area contributed by atoms with Crippen molar-refractivity contribution in [2.24, 2.45) is 5.92 Å². The average molecular weight is 228 g/mol. The monoisotopic (exact) mass is 228 g/mol. The zero-order valence-corrected chi connectivity index (χ0v) is 10.2. The first-order chi connectivity index (χ1) is 7.77. The molecule has 2 amide bonds. The minimum atomic E-state index is -0.0844. The van der Waals surface area contributed by atoms with Gasteiger partial charge < -0.3 is 15.7 Å². The molecule has 0 saturated heterocycles. The number of urea groups is 1. The maximum Gasteiger partial charge on any atom is 0.315 e. The lowest BCUT2D eigenvalue weighted by atomic mass is 9.83. The number of aliphatic hydroxyl groups excluding tert-OH is 1. The molecule has 0 radical (unpaired) electrons. The molecule has 2 atom stereocenters. The van der Waals surface area contributed by atoms with Crippen LogP contribution in [0.4, 0.5) is 4.79 Å². The van der Waals surface area contributed by atoms with Gasteiger partial charge in [0.2, 0.25) is 0 Å². The summed E-state index contributed by atoms with van der Waals surface area (Å²) in [6, 6.07) is 0.256. The van der Waals surface area contributed by atoms with Gasteiger partial charge >= 0.3 is 6.03 Å². The molecule has 2 unspecified atom stereocenters. The number of carbonyl (C=O) groups excluding carboxylic acids is 1. The Balaban J connectivity index is 2.25. The number of nitrogens with one attached hydrogen (secondary N) is 2. The number of amides is 2. The molecule has 0 heterocycles. The van der Waals surface area contributed by atoms with E-state index in [1.165, 1.54) is 19.3 Å². The fourth-order valence-electron chi connectivity index (χ4n) is 2.39. The molecule has 16 heavy (non-hydrogen) atoms. The number of rotatable bonds is 5. The van der Waals surface area contributed by atoms with Gasteiger partial charge in [-0.3, -0.25) is 0 Å². The van der Waals surface area contributed by atoms with E-state index in [1.807, 2.05) is 0 Å². The summed E-state index contributed by atoms with van der Waals surface area (Å²) >= 11 is 0. The number of carbonyl (C=O) groups is 1. The molecule has 1 fully saturated rings. The minimum absolute atomic E-state index is 0.0844. The first kappa shape index (κ1) is 13.3. The highest BCUT2D eigenvalue weighted by Gasteiger charge is 2.24. The van der Waals surface area contributed by atoms with Crippen LogP contribution in [0.3, 0.4) is 0 Å². The van der Waals surface area contributed by atoms with E-state index in [9.17, 15) is 4.79 Å². The highest BCUT2D eigenvalue weighted by atomic mass is 16.3. The summed E-state index contributed by atoms with van der Waals surface area (Å²) in [5.74, 6) is 0.636. The summed E-state index contributed by atoms with van der Waals surface area (Å²) in [7, 11) is 0. The van der Waals surface area contributed by atoms with Gasteiger partial charge in [-0.25, -0.2) is 4.79 Å². The Hall–Kier alpha value is -0.770. The van der Waals surface area contributed by atoms with Crippen LogP contribution in [0.1, 0.15) is 45.4 Å². The van der Waals surface area contributed by atoms with Crippen LogP contribution in [0.25, 0.3) is 0 Å². The molecule has 1 aliphatic carbocycles. The van der Waals surface area contributed by atoms with E-state index >= 15 is 0 Å². The SMILES string of the molecule is CCC1CCCCC1NC(=O)NCCCO. The van der Waals surface area contributed by atoms with E-state index in [1.54, 1.807) is 0 Å². The van der Waals surface area contributed by atoms with Crippen LogP contribution < -0.4 is 10.6 Å². The molecule has 94 valence electrons. The fourth-order valence-corrected chi connectivity index (χ4v) is 2.39. The molecule has 0 aromatic rings. The van der Waals surface area contributed by atoms with Crippen LogP contribution in [0.15, 0.2) is 0 Å². The number of hydrogen-bond donors (Lipinski definition) is 3. The largest absolute Gasteiger partial charge is 0.396 e. The van der Waals surface area contributed by atoms with Crippen LogP contribution >= 0.6 is 0 Å². The zero-order chi connectivity index (χ0) is 11.8. The van der Waals surface area contributed by atoms with Crippen LogP contribution in [0.5, 0.6) is 0 Å². The predicted octanol–water partition coefficient (Wildman–Crippen LogP) is 1.64. The van der Waals surface area contributed by atoms with E-state index in [4.69, 9.17) is 5.11 Å². The quantitative estimate of drug-likeness (QED) is 0.626. The maximum absolute atomic E-state index is 11.5. The number of hydrogen-bond acceptors (Lipinski definition) is 2. The Morgan fingerprint density at radius 2 is 2.12 bits per heavy atom. The average Bonchev–Trinajstić information content (AvgIpc) is 2.30. The summed E-state index contributed by atoms with van der Waals surface area (Å²) in [6.07, 6.45) is 6.61. The van der Waals surface area contributed by atoms with Crippen molar-refractivity contribution in [1.29, 1.82) is 0 Å². The van der Waals surface area contributed by atoms with Gasteiger partial charge in [0.05, 0.1) is 0 Å². The Morgan fingerprint density at radius 1 is 1.38 bits per heavy atom. The standard InChI is InChI=1S/C12H24N2O2/c1-2-10-6-3-4-7-11(10)14-12(16)13-8-5-9-15/h10-11,15H,2-9H2,1H3,(H2,13,14,16). The molecule has 0 spiro atoms. The summed E-state index contributed by atoms with van der Waals surface area (Å²) in [6.45, 7) is 2.86. The Kier molecular flexibility index (Phi) is 6.23. The Labute approximate surface area is 97.8 Å². The summed E-state index contributed by atoms with van der Waals surface area (Å²) in [5, 5.41) is 14.4. The molecule has 0 aliphatic heterocycles. The highest BCUT2D eigenvalue weighted by molar-refractivity contribution is 5.74. The van der Waals surface area contributed by atoms with Gasteiger partial charge in [0.1, 0.15) is 0 Å². The second kappa shape index (κ2) is 7.49. The molecular formula is C12H24N2O2. The van der Waals surface area contributed by atoms with Gasteiger partial charge in [-0.05, 0) is 25.2 Å². The van der Waals surface area contributed by atoms with Crippen LogP contribution in [-0.4, -0.2) is 30.3 Å². The van der Waals surface area contributed by atoms with Crippen molar-refractivity contribution >= 4 is 6.03 Å². The topological polar surface area (TPSA) is 61.4 Å². The Bertz CT molecular complexity index is 209. The molecule has 1 rings (SSSR count). The predicted molar refractivity (Wildman–Crippen MR) is 64.3 cm³/mol. The zero-order valence-electron chi connectivity index (χ0n) is 10.2. The molecule has 3 N–H and O–H groups in total. The summed E-state index contributed by atoms with van der Waals surface area (Å²) < 4.78 is 0. The lowest BCUT2D eigenvalue weighted by molar-refractivity contribution is 0.214. The first-order valence-electron chi connectivity index (χ1n) is 6.43. The minimum Gasteiger partial charge on any atom is -0.396 e. The van der Waals surface area contributed by atoms with Crippen molar-refractivity contribution in [3.63, 3.8) is 0 Å². The Morgan fingerprint density at radius 3 is 2.81 bits per heavy atom. The van der Waals surface area contributed by atoms with E-state index in [0.717, 1.165) is 12.8 Å². The van der Waals surface area contributed by atoms with Crippen molar-refractivity contribution in [3.05, 3.63) is 0 Å². The normalized spacial score (nSPS) is 25.1. The molecule has 0 aromatic carbocycles. The van der Waals surface area contributed by atoms with Crippen LogP contribution in [0.2, 0.25) is 0 Å². The molecule has 4 nitrogen and oxygen atoms in total. The van der Waals surface area contributed by atoms with Crippen molar-refractivity contribution < 1.29 is 9.90 Å². The van der Waals surface area contributed by atoms with E-state index in [0.29, 0.717) is 24.9 Å². The third-order valence-electron chi connectivity index (χ3n) is 3.37. The molecule has 0 aromatic heterocycles. The maximum atomic E-state index is 11.5. The van der Waals surface area contributed by atoms with Crippen molar-refractivity contribution in [1.82, 2.24) is 10.6 Å². The fraction of sp³-hybridized carbons (Fsp3) is 0.917.